The number of aromatic nitrogens is 1. The Hall–Kier alpha value is -5.19. The van der Waals surface area contributed by atoms with Gasteiger partial charge < -0.3 is 9.38 Å². The van der Waals surface area contributed by atoms with E-state index in [0.717, 1.165) is 0 Å². The maximum Gasteiger partial charge on any atom is 0.333 e. The summed E-state index contributed by atoms with van der Waals surface area (Å²) in [6.45, 7) is 0.0580. The van der Waals surface area contributed by atoms with E-state index in [4.69, 9.17) is 0 Å². The summed E-state index contributed by atoms with van der Waals surface area (Å²) in [6.07, 6.45) is 0. The van der Waals surface area contributed by atoms with E-state index in [9.17, 15) is 0 Å². The number of rotatable bonds is 1. The molecule has 0 saturated carbocycles. The van der Waals surface area contributed by atoms with Crippen LogP contribution in [0.2, 0.25) is 0 Å². The first-order valence-corrected chi connectivity index (χ1v) is 16.0. The fourth-order valence-corrected chi connectivity index (χ4v) is 9.29. The number of anilines is 3. The van der Waals surface area contributed by atoms with E-state index in [1.807, 2.05) is 11.8 Å². The first kappa shape index (κ1) is 23.3. The molecule has 1 aromatic heterocycles. The minimum atomic E-state index is 0.0580. The van der Waals surface area contributed by atoms with Gasteiger partial charge in [-0.05, 0) is 63.3 Å². The maximum atomic E-state index is 2.69. The molecular formula is C40H23BN2S. The zero-order chi connectivity index (χ0) is 28.5. The third kappa shape index (κ3) is 2.80. The molecule has 3 aliphatic rings. The van der Waals surface area contributed by atoms with Crippen LogP contribution in [-0.4, -0.2) is 11.3 Å². The maximum absolute atomic E-state index is 2.69. The van der Waals surface area contributed by atoms with Crippen LogP contribution in [0.1, 0.15) is 0 Å². The van der Waals surface area contributed by atoms with Gasteiger partial charge in [0.15, 0.2) is 0 Å². The zero-order valence-corrected chi connectivity index (χ0v) is 24.5. The largest absolute Gasteiger partial charge is 0.375 e. The Morgan fingerprint density at radius 2 is 1.27 bits per heavy atom. The van der Waals surface area contributed by atoms with E-state index in [0.29, 0.717) is 0 Å². The summed E-state index contributed by atoms with van der Waals surface area (Å²) in [4.78, 5) is 5.17. The average molecular weight is 575 g/mol. The Morgan fingerprint density at radius 1 is 0.500 bits per heavy atom. The number of nitrogens with zero attached hydrogens (tertiary/aromatic N) is 2. The quantitative estimate of drug-likeness (QED) is 0.181. The smallest absolute Gasteiger partial charge is 0.333 e. The molecule has 0 spiro atoms. The molecule has 8 aromatic rings. The molecule has 11 rings (SSSR count). The van der Waals surface area contributed by atoms with Crippen LogP contribution >= 0.6 is 11.8 Å². The summed E-state index contributed by atoms with van der Waals surface area (Å²) in [5, 5.41) is 5.24. The lowest BCUT2D eigenvalue weighted by atomic mass is 9.45. The van der Waals surface area contributed by atoms with Crippen LogP contribution < -0.4 is 15.8 Å². The minimum Gasteiger partial charge on any atom is -0.375 e. The highest BCUT2D eigenvalue weighted by atomic mass is 32.2. The van der Waals surface area contributed by atoms with Crippen LogP contribution in [0.25, 0.3) is 54.8 Å². The topological polar surface area (TPSA) is 8.17 Å². The van der Waals surface area contributed by atoms with Gasteiger partial charge in [-0.15, -0.1) is 0 Å². The van der Waals surface area contributed by atoms with Crippen LogP contribution in [0.4, 0.5) is 17.1 Å². The van der Waals surface area contributed by atoms with E-state index >= 15 is 0 Å². The minimum absolute atomic E-state index is 0.0580. The normalized spacial score (nSPS) is 13.7. The molecule has 44 heavy (non-hydrogen) atoms. The monoisotopic (exact) mass is 574 g/mol. The molecule has 202 valence electrons. The van der Waals surface area contributed by atoms with Crippen molar-refractivity contribution in [3.63, 3.8) is 0 Å². The van der Waals surface area contributed by atoms with E-state index in [-0.39, 0.29) is 6.85 Å². The van der Waals surface area contributed by atoms with Crippen LogP contribution in [0.15, 0.2) is 149 Å². The predicted molar refractivity (Wildman–Crippen MR) is 187 cm³/mol. The van der Waals surface area contributed by atoms with Gasteiger partial charge in [-0.3, -0.25) is 0 Å². The van der Waals surface area contributed by atoms with Crippen molar-refractivity contribution >= 4 is 79.2 Å². The van der Waals surface area contributed by atoms with Gasteiger partial charge in [0.05, 0.1) is 11.4 Å². The van der Waals surface area contributed by atoms with Gasteiger partial charge in [0, 0.05) is 48.2 Å². The molecule has 0 atom stereocenters. The Labute approximate surface area is 259 Å². The Bertz CT molecular complexity index is 2550. The first-order chi connectivity index (χ1) is 21.8. The average Bonchev–Trinajstić information content (AvgIpc) is 3.43. The SMILES string of the molecule is c1ccc(-c2cc3c4c(c2)N2c5ccccc5Sc5cccc(c52)B4n2c4c-3cccc4c3ccc4ccccc4c32)cc1. The summed E-state index contributed by atoms with van der Waals surface area (Å²) in [5.74, 6) is 0. The van der Waals surface area contributed by atoms with Gasteiger partial charge in [0.2, 0.25) is 0 Å². The van der Waals surface area contributed by atoms with Crippen molar-refractivity contribution in [2.45, 2.75) is 9.79 Å². The molecule has 7 aromatic carbocycles. The standard InChI is InChI=1S/C40H23BN2S/c1-2-10-24(11-3-1)26-22-31-29-15-8-14-28-30-21-20-25-12-4-5-13-27(25)38(30)43(39(28)29)41-32-16-9-19-36-40(32)42(34(23-26)37(31)41)33-17-6-7-18-35(33)44-36/h1-23H. The van der Waals surface area contributed by atoms with Crippen LogP contribution in [-0.2, 0) is 0 Å². The lowest BCUT2D eigenvalue weighted by molar-refractivity contribution is 1.16. The molecule has 0 unspecified atom stereocenters. The number of benzene rings is 7. The van der Waals surface area contributed by atoms with Crippen LogP contribution in [0.5, 0.6) is 0 Å². The van der Waals surface area contributed by atoms with Crippen LogP contribution in [0.3, 0.4) is 0 Å². The van der Waals surface area contributed by atoms with Crippen LogP contribution in [0, 0.1) is 0 Å². The van der Waals surface area contributed by atoms with Gasteiger partial charge in [-0.2, -0.15) is 0 Å². The molecular weight excluding hydrogens is 551 g/mol. The van der Waals surface area contributed by atoms with Crippen molar-refractivity contribution in [3.8, 4) is 22.3 Å². The third-order valence-corrected chi connectivity index (χ3v) is 11.0. The molecule has 2 nitrogen and oxygen atoms in total. The molecule has 4 heteroatoms. The van der Waals surface area contributed by atoms with Crippen molar-refractivity contribution in [1.29, 1.82) is 0 Å². The van der Waals surface area contributed by atoms with Crippen molar-refractivity contribution in [2.75, 3.05) is 4.90 Å². The number of hydrogen-bond acceptors (Lipinski definition) is 2. The first-order valence-electron chi connectivity index (χ1n) is 15.2. The zero-order valence-electron chi connectivity index (χ0n) is 23.7. The summed E-state index contributed by atoms with van der Waals surface area (Å²) in [5.41, 5.74) is 14.4. The molecule has 0 fully saturated rings. The Morgan fingerprint density at radius 3 is 2.23 bits per heavy atom. The van der Waals surface area contributed by atoms with Gasteiger partial charge in [-0.25, -0.2) is 0 Å². The second-order valence-electron chi connectivity index (χ2n) is 12.1. The Balaban J connectivity index is 1.37. The number of fused-ring (bicyclic) bond motifs is 11. The number of para-hydroxylation sites is 3. The summed E-state index contributed by atoms with van der Waals surface area (Å²) in [7, 11) is 0. The van der Waals surface area contributed by atoms with Crippen molar-refractivity contribution in [2.24, 2.45) is 0 Å². The molecule has 0 N–H and O–H groups in total. The van der Waals surface area contributed by atoms with Gasteiger partial charge >= 0.3 is 6.85 Å². The molecule has 0 aliphatic carbocycles. The molecule has 0 amide bonds. The van der Waals surface area contributed by atoms with Crippen molar-refractivity contribution in [1.82, 2.24) is 4.48 Å². The van der Waals surface area contributed by atoms with Gasteiger partial charge in [0.1, 0.15) is 0 Å². The highest BCUT2D eigenvalue weighted by molar-refractivity contribution is 7.99. The van der Waals surface area contributed by atoms with Crippen molar-refractivity contribution < 1.29 is 0 Å². The lowest BCUT2D eigenvalue weighted by Crippen LogP contribution is -2.57. The molecule has 4 heterocycles. The van der Waals surface area contributed by atoms with E-state index in [1.165, 1.54) is 92.6 Å². The summed E-state index contributed by atoms with van der Waals surface area (Å²) < 4.78 is 2.69. The predicted octanol–water partition coefficient (Wildman–Crippen LogP) is 9.50. The van der Waals surface area contributed by atoms with Gasteiger partial charge in [0.25, 0.3) is 0 Å². The van der Waals surface area contributed by atoms with E-state index in [2.05, 4.69) is 149 Å². The second kappa shape index (κ2) is 8.25. The fraction of sp³-hybridized carbons (Fsp3) is 0. The Kier molecular flexibility index (Phi) is 4.37. The van der Waals surface area contributed by atoms with Crippen molar-refractivity contribution in [3.05, 3.63) is 140 Å². The van der Waals surface area contributed by atoms with Gasteiger partial charge in [-0.1, -0.05) is 121 Å². The summed E-state index contributed by atoms with van der Waals surface area (Å²) in [6, 6.07) is 52.0. The molecule has 0 saturated heterocycles. The summed E-state index contributed by atoms with van der Waals surface area (Å²) >= 11 is 1.90. The molecule has 3 aliphatic heterocycles. The van der Waals surface area contributed by atoms with E-state index in [1.54, 1.807) is 0 Å². The van der Waals surface area contributed by atoms with E-state index < -0.39 is 0 Å². The molecule has 0 radical (unpaired) electrons. The second-order valence-corrected chi connectivity index (χ2v) is 13.2. The molecule has 0 bridgehead atoms. The highest BCUT2D eigenvalue weighted by Crippen LogP contribution is 2.54. The highest BCUT2D eigenvalue weighted by Gasteiger charge is 2.45. The fourth-order valence-electron chi connectivity index (χ4n) is 8.19. The lowest BCUT2D eigenvalue weighted by Gasteiger charge is -2.43. The number of hydrogen-bond donors (Lipinski definition) is 0. The third-order valence-electron chi connectivity index (χ3n) is 9.91.